The summed E-state index contributed by atoms with van der Waals surface area (Å²) in [6, 6.07) is 0. The summed E-state index contributed by atoms with van der Waals surface area (Å²) in [6.07, 6.45) is 3.49. The summed E-state index contributed by atoms with van der Waals surface area (Å²) in [5.74, 6) is 0.926. The van der Waals surface area contributed by atoms with Gasteiger partial charge in [0.2, 0.25) is 0 Å². The van der Waals surface area contributed by atoms with E-state index >= 15 is 0 Å². The van der Waals surface area contributed by atoms with Crippen molar-refractivity contribution in [2.24, 2.45) is 4.99 Å². The maximum Gasteiger partial charge on any atom is 0.176 e. The number of allylic oxidation sites excluding steroid dienone is 1. The summed E-state index contributed by atoms with van der Waals surface area (Å²) in [5, 5.41) is 0. The molecule has 12 heavy (non-hydrogen) atoms. The van der Waals surface area contributed by atoms with Gasteiger partial charge in [-0.3, -0.25) is 0 Å². The van der Waals surface area contributed by atoms with Gasteiger partial charge in [-0.15, -0.1) is 0 Å². The van der Waals surface area contributed by atoms with E-state index in [-0.39, 0.29) is 26.6 Å². The maximum absolute atomic E-state index is 4.98. The van der Waals surface area contributed by atoms with Crippen molar-refractivity contribution < 1.29 is 25.8 Å². The van der Waals surface area contributed by atoms with Crippen LogP contribution in [0.5, 0.6) is 0 Å². The largest absolute Gasteiger partial charge is 0.451 e. The molecule has 0 saturated carbocycles. The third-order valence-electron chi connectivity index (χ3n) is 1.18. The van der Waals surface area contributed by atoms with Crippen molar-refractivity contribution in [2.45, 2.75) is 40.2 Å². The van der Waals surface area contributed by atoms with Gasteiger partial charge in [0, 0.05) is 21.1 Å². The van der Waals surface area contributed by atoms with E-state index in [2.05, 4.69) is 4.99 Å². The number of hydrogen-bond acceptors (Lipinski definition) is 2. The van der Waals surface area contributed by atoms with Crippen molar-refractivity contribution in [3.8, 4) is 0 Å². The van der Waals surface area contributed by atoms with E-state index in [9.17, 15) is 0 Å². The minimum absolute atomic E-state index is 0. The summed E-state index contributed by atoms with van der Waals surface area (Å²) in [6.45, 7) is 10.00. The first-order valence-corrected chi connectivity index (χ1v) is 4.00. The molecule has 70 valence electrons. The molecule has 3 heteroatoms. The molecule has 1 aliphatic rings. The Bertz CT molecular complexity index is 173. The van der Waals surface area contributed by atoms with E-state index in [0.29, 0.717) is 0 Å². The number of aliphatic imine (C=N–C) groups is 1. The van der Waals surface area contributed by atoms with E-state index in [1.54, 1.807) is 0 Å². The molecule has 2 nitrogen and oxygen atoms in total. The van der Waals surface area contributed by atoms with Crippen molar-refractivity contribution in [3.05, 3.63) is 11.8 Å². The standard InChI is InChI=1S/C7H11NO.C2H6.W/c1-6-4-7(2,3)8-5-9-6;1-2;/h4-5H,1-3H3;1-2H3;. The normalized spacial score (nSPS) is 17.6. The molecular formula is C9H17NOW. The van der Waals surface area contributed by atoms with Crippen LogP contribution in [0.3, 0.4) is 0 Å². The van der Waals surface area contributed by atoms with Gasteiger partial charge in [0.15, 0.2) is 6.40 Å². The van der Waals surface area contributed by atoms with Crippen LogP contribution < -0.4 is 0 Å². The predicted octanol–water partition coefficient (Wildman–Crippen LogP) is 2.75. The summed E-state index contributed by atoms with van der Waals surface area (Å²) < 4.78 is 4.98. The zero-order valence-electron chi connectivity index (χ0n) is 8.42. The van der Waals surface area contributed by atoms with E-state index in [0.717, 1.165) is 5.76 Å². The second kappa shape index (κ2) is 6.42. The summed E-state index contributed by atoms with van der Waals surface area (Å²) in [4.78, 5) is 4.09. The summed E-state index contributed by atoms with van der Waals surface area (Å²) >= 11 is 0. The number of ether oxygens (including phenoxy) is 1. The molecule has 1 rings (SSSR count). The molecule has 0 aliphatic carbocycles. The molecule has 0 bridgehead atoms. The average molecular weight is 339 g/mol. The Labute approximate surface area is 89.4 Å². The Hall–Kier alpha value is -0.102. The topological polar surface area (TPSA) is 21.6 Å². The molecule has 0 amide bonds. The van der Waals surface area contributed by atoms with Crippen molar-refractivity contribution >= 4 is 6.40 Å². The molecule has 1 aliphatic heterocycles. The molecule has 0 unspecified atom stereocenters. The van der Waals surface area contributed by atoms with Crippen LogP contribution in [-0.2, 0) is 25.8 Å². The molecule has 0 atom stereocenters. The smallest absolute Gasteiger partial charge is 0.176 e. The summed E-state index contributed by atoms with van der Waals surface area (Å²) in [5.41, 5.74) is -0.0671. The minimum Gasteiger partial charge on any atom is -0.451 e. The van der Waals surface area contributed by atoms with Crippen LogP contribution in [0.1, 0.15) is 34.6 Å². The van der Waals surface area contributed by atoms with E-state index in [4.69, 9.17) is 4.74 Å². The molecule has 0 saturated heterocycles. The fourth-order valence-electron chi connectivity index (χ4n) is 0.814. The average Bonchev–Trinajstić information content (AvgIpc) is 1.89. The van der Waals surface area contributed by atoms with Gasteiger partial charge in [0.1, 0.15) is 5.76 Å². The first-order valence-electron chi connectivity index (χ1n) is 4.00. The molecule has 0 fully saturated rings. The Kier molecular flexibility index (Phi) is 7.71. The quantitative estimate of drug-likeness (QED) is 0.665. The summed E-state index contributed by atoms with van der Waals surface area (Å²) in [7, 11) is 0. The predicted molar refractivity (Wildman–Crippen MR) is 48.8 cm³/mol. The fourth-order valence-corrected chi connectivity index (χ4v) is 0.814. The first kappa shape index (κ1) is 14.4. The van der Waals surface area contributed by atoms with Gasteiger partial charge < -0.3 is 4.74 Å². The van der Waals surface area contributed by atoms with E-state index in [1.807, 2.05) is 40.7 Å². The van der Waals surface area contributed by atoms with E-state index in [1.165, 1.54) is 6.40 Å². The van der Waals surface area contributed by atoms with Crippen LogP contribution in [0.2, 0.25) is 0 Å². The molecule has 0 radical (unpaired) electrons. The number of hydrogen-bond donors (Lipinski definition) is 0. The van der Waals surface area contributed by atoms with Crippen molar-refractivity contribution in [2.75, 3.05) is 0 Å². The third kappa shape index (κ3) is 5.54. The zero-order chi connectivity index (χ0) is 8.91. The van der Waals surface area contributed by atoms with Crippen LogP contribution in [0.4, 0.5) is 0 Å². The van der Waals surface area contributed by atoms with Crippen LogP contribution in [-0.4, -0.2) is 11.9 Å². The number of rotatable bonds is 0. The van der Waals surface area contributed by atoms with Gasteiger partial charge >= 0.3 is 0 Å². The molecule has 0 aromatic heterocycles. The van der Waals surface area contributed by atoms with Gasteiger partial charge in [-0.25, -0.2) is 4.99 Å². The molecular weight excluding hydrogens is 322 g/mol. The first-order chi connectivity index (χ1) is 5.10. The van der Waals surface area contributed by atoms with Crippen molar-refractivity contribution in [3.63, 3.8) is 0 Å². The second-order valence-corrected chi connectivity index (χ2v) is 2.76. The maximum atomic E-state index is 4.98. The van der Waals surface area contributed by atoms with Gasteiger partial charge in [-0.05, 0) is 26.8 Å². The van der Waals surface area contributed by atoms with Crippen molar-refractivity contribution in [1.82, 2.24) is 0 Å². The fraction of sp³-hybridized carbons (Fsp3) is 0.667. The molecule has 1 heterocycles. The van der Waals surface area contributed by atoms with Gasteiger partial charge in [-0.1, -0.05) is 13.8 Å². The van der Waals surface area contributed by atoms with E-state index < -0.39 is 0 Å². The Morgan fingerprint density at radius 1 is 1.33 bits per heavy atom. The van der Waals surface area contributed by atoms with Gasteiger partial charge in [0.25, 0.3) is 0 Å². The zero-order valence-corrected chi connectivity index (χ0v) is 11.4. The van der Waals surface area contributed by atoms with Crippen molar-refractivity contribution in [1.29, 1.82) is 0 Å². The van der Waals surface area contributed by atoms with Crippen LogP contribution in [0.25, 0.3) is 0 Å². The van der Waals surface area contributed by atoms with Crippen LogP contribution in [0, 0.1) is 0 Å². The monoisotopic (exact) mass is 339 g/mol. The molecule has 0 spiro atoms. The third-order valence-corrected chi connectivity index (χ3v) is 1.18. The van der Waals surface area contributed by atoms with Gasteiger partial charge in [0.05, 0.1) is 5.54 Å². The Morgan fingerprint density at radius 3 is 2.08 bits per heavy atom. The molecule has 0 aromatic rings. The number of nitrogens with zero attached hydrogens (tertiary/aromatic N) is 1. The Morgan fingerprint density at radius 2 is 1.83 bits per heavy atom. The second-order valence-electron chi connectivity index (χ2n) is 2.76. The Balaban J connectivity index is 0. The molecule has 0 N–H and O–H groups in total. The van der Waals surface area contributed by atoms with Gasteiger partial charge in [-0.2, -0.15) is 0 Å². The molecule has 0 aromatic carbocycles. The SMILES string of the molecule is CC.CC1=CC(C)(C)N=CO1.[W]. The van der Waals surface area contributed by atoms with Crippen LogP contribution >= 0.6 is 0 Å². The minimum atomic E-state index is -0.0671. The van der Waals surface area contributed by atoms with Crippen LogP contribution in [0.15, 0.2) is 16.8 Å².